The number of anilines is 1. The van der Waals surface area contributed by atoms with Crippen molar-refractivity contribution in [3.05, 3.63) is 72.6 Å². The van der Waals surface area contributed by atoms with Crippen LogP contribution in [0, 0.1) is 0 Å². The molecule has 0 aliphatic carbocycles. The van der Waals surface area contributed by atoms with E-state index >= 15 is 0 Å². The van der Waals surface area contributed by atoms with Gasteiger partial charge in [-0.15, -0.1) is 0 Å². The van der Waals surface area contributed by atoms with E-state index in [-0.39, 0.29) is 5.91 Å². The number of amides is 1. The van der Waals surface area contributed by atoms with Crippen molar-refractivity contribution < 1.29 is 9.53 Å². The molecule has 7 heteroatoms. The van der Waals surface area contributed by atoms with E-state index in [9.17, 15) is 4.79 Å². The molecular weight excluding hydrogens is 384 g/mol. The molecule has 0 saturated heterocycles. The van der Waals surface area contributed by atoms with Crippen LogP contribution in [0.1, 0.15) is 12.0 Å². The fourth-order valence-electron chi connectivity index (χ4n) is 3.13. The number of ether oxygens (including phenoxy) is 1. The molecule has 0 N–H and O–H groups in total. The zero-order valence-corrected chi connectivity index (χ0v) is 17.0. The molecule has 0 aliphatic rings. The van der Waals surface area contributed by atoms with Crippen LogP contribution >= 0.6 is 11.3 Å². The summed E-state index contributed by atoms with van der Waals surface area (Å²) in [7, 11) is 1.65. The Morgan fingerprint density at radius 2 is 2.03 bits per heavy atom. The summed E-state index contributed by atoms with van der Waals surface area (Å²) in [6, 6.07) is 17.7. The summed E-state index contributed by atoms with van der Waals surface area (Å²) in [4.78, 5) is 19.6. The maximum atomic E-state index is 13.1. The van der Waals surface area contributed by atoms with Crippen LogP contribution in [0.15, 0.2) is 67.0 Å². The number of thiazole rings is 1. The zero-order chi connectivity index (χ0) is 20.1. The zero-order valence-electron chi connectivity index (χ0n) is 16.2. The van der Waals surface area contributed by atoms with Crippen LogP contribution in [0.2, 0.25) is 0 Å². The number of nitrogens with zero attached hydrogens (tertiary/aromatic N) is 4. The minimum atomic E-state index is 0.0621. The lowest BCUT2D eigenvalue weighted by atomic mass is 10.1. The number of hydrogen-bond acceptors (Lipinski definition) is 5. The summed E-state index contributed by atoms with van der Waals surface area (Å²) in [5.41, 5.74) is 2.02. The Labute approximate surface area is 173 Å². The van der Waals surface area contributed by atoms with Gasteiger partial charge in [-0.1, -0.05) is 41.7 Å². The average molecular weight is 407 g/mol. The molecule has 4 rings (SSSR count). The Morgan fingerprint density at radius 1 is 1.17 bits per heavy atom. The van der Waals surface area contributed by atoms with E-state index < -0.39 is 0 Å². The van der Waals surface area contributed by atoms with Gasteiger partial charge in [-0.3, -0.25) is 14.4 Å². The molecule has 0 spiro atoms. The van der Waals surface area contributed by atoms with Crippen molar-refractivity contribution in [1.82, 2.24) is 14.8 Å². The van der Waals surface area contributed by atoms with Gasteiger partial charge in [0.2, 0.25) is 5.91 Å². The highest BCUT2D eigenvalue weighted by atomic mass is 32.1. The number of carbonyl (C=O) groups excluding carboxylic acids is 1. The Bertz CT molecular complexity index is 1080. The lowest BCUT2D eigenvalue weighted by Crippen LogP contribution is -2.34. The quantitative estimate of drug-likeness (QED) is 0.441. The Hall–Kier alpha value is -3.19. The molecular formula is C22H22N4O2S. The summed E-state index contributed by atoms with van der Waals surface area (Å²) in [6.07, 6.45) is 4.78. The molecule has 0 unspecified atom stereocenters. The molecule has 4 aromatic rings. The maximum Gasteiger partial charge on any atom is 0.229 e. The van der Waals surface area contributed by atoms with Crippen LogP contribution in [0.25, 0.3) is 10.2 Å². The second kappa shape index (κ2) is 8.87. The summed E-state index contributed by atoms with van der Waals surface area (Å²) < 4.78 is 8.14. The third-order valence-electron chi connectivity index (χ3n) is 4.70. The van der Waals surface area contributed by atoms with Gasteiger partial charge in [-0.05, 0) is 36.2 Å². The van der Waals surface area contributed by atoms with E-state index in [4.69, 9.17) is 9.72 Å². The van der Waals surface area contributed by atoms with Crippen molar-refractivity contribution in [2.75, 3.05) is 18.6 Å². The van der Waals surface area contributed by atoms with Crippen molar-refractivity contribution in [3.63, 3.8) is 0 Å². The maximum absolute atomic E-state index is 13.1. The minimum Gasteiger partial charge on any atom is -0.497 e. The second-order valence-electron chi connectivity index (χ2n) is 6.63. The topological polar surface area (TPSA) is 60.2 Å². The van der Waals surface area contributed by atoms with E-state index in [2.05, 4.69) is 5.10 Å². The first-order valence-electron chi connectivity index (χ1n) is 9.49. The summed E-state index contributed by atoms with van der Waals surface area (Å²) in [5.74, 6) is 0.846. The number of fused-ring (bicyclic) bond motifs is 1. The predicted octanol–water partition coefficient (Wildman–Crippen LogP) is 4.17. The van der Waals surface area contributed by atoms with Gasteiger partial charge in [0.15, 0.2) is 5.13 Å². The number of methoxy groups -OCH3 is 1. The third kappa shape index (κ3) is 4.63. The van der Waals surface area contributed by atoms with Gasteiger partial charge in [-0.25, -0.2) is 4.98 Å². The summed E-state index contributed by atoms with van der Waals surface area (Å²) in [6.45, 7) is 1.13. The van der Waals surface area contributed by atoms with E-state index in [0.29, 0.717) is 31.1 Å². The van der Waals surface area contributed by atoms with E-state index in [1.807, 2.05) is 65.5 Å². The Balaban J connectivity index is 1.56. The van der Waals surface area contributed by atoms with Crippen molar-refractivity contribution in [3.8, 4) is 5.75 Å². The van der Waals surface area contributed by atoms with Gasteiger partial charge in [0.1, 0.15) is 5.75 Å². The highest BCUT2D eigenvalue weighted by Gasteiger charge is 2.20. The monoisotopic (exact) mass is 406 g/mol. The smallest absolute Gasteiger partial charge is 0.229 e. The summed E-state index contributed by atoms with van der Waals surface area (Å²) >= 11 is 1.51. The van der Waals surface area contributed by atoms with Crippen LogP contribution in [0.3, 0.4) is 0 Å². The molecule has 0 aliphatic heterocycles. The second-order valence-corrected chi connectivity index (χ2v) is 7.64. The van der Waals surface area contributed by atoms with E-state index in [0.717, 1.165) is 21.5 Å². The van der Waals surface area contributed by atoms with Gasteiger partial charge < -0.3 is 4.74 Å². The van der Waals surface area contributed by atoms with E-state index in [1.54, 1.807) is 18.2 Å². The normalized spacial score (nSPS) is 10.9. The first-order chi connectivity index (χ1) is 14.2. The van der Waals surface area contributed by atoms with Crippen LogP contribution in [-0.4, -0.2) is 34.3 Å². The molecule has 0 saturated carbocycles. The number of aromatic nitrogens is 3. The fourth-order valence-corrected chi connectivity index (χ4v) is 4.17. The molecule has 0 bridgehead atoms. The molecule has 1 amide bonds. The van der Waals surface area contributed by atoms with Crippen molar-refractivity contribution in [2.24, 2.45) is 0 Å². The van der Waals surface area contributed by atoms with Gasteiger partial charge in [0, 0.05) is 25.4 Å². The van der Waals surface area contributed by atoms with Crippen LogP contribution in [-0.2, 0) is 17.8 Å². The molecule has 2 aromatic heterocycles. The van der Waals surface area contributed by atoms with Crippen molar-refractivity contribution in [1.29, 1.82) is 0 Å². The molecule has 2 heterocycles. The highest BCUT2D eigenvalue weighted by Crippen LogP contribution is 2.32. The molecule has 29 heavy (non-hydrogen) atoms. The number of carbonyl (C=O) groups is 1. The average Bonchev–Trinajstić information content (AvgIpc) is 3.42. The number of benzene rings is 2. The summed E-state index contributed by atoms with van der Waals surface area (Å²) in [5, 5.41) is 4.95. The first kappa shape index (κ1) is 19.1. The standard InChI is InChI=1S/C22H22N4O2S/c1-28-18-9-10-19-20(16-18)29-22(24-19)26(15-14-25-13-5-12-23-25)21(27)11-8-17-6-3-2-4-7-17/h2-7,9-10,12-13,16H,8,11,14-15H2,1H3. The molecule has 0 radical (unpaired) electrons. The van der Waals surface area contributed by atoms with E-state index in [1.165, 1.54) is 11.3 Å². The highest BCUT2D eigenvalue weighted by molar-refractivity contribution is 7.22. The van der Waals surface area contributed by atoms with Gasteiger partial charge in [0.05, 0.1) is 23.9 Å². The van der Waals surface area contributed by atoms with Crippen molar-refractivity contribution in [2.45, 2.75) is 19.4 Å². The number of aryl methyl sites for hydroxylation is 1. The first-order valence-corrected chi connectivity index (χ1v) is 10.3. The molecule has 0 atom stereocenters. The van der Waals surface area contributed by atoms with Gasteiger partial charge in [-0.2, -0.15) is 5.10 Å². The van der Waals surface area contributed by atoms with Gasteiger partial charge in [0.25, 0.3) is 0 Å². The van der Waals surface area contributed by atoms with Crippen molar-refractivity contribution >= 4 is 32.6 Å². The van der Waals surface area contributed by atoms with Crippen LogP contribution < -0.4 is 9.64 Å². The largest absolute Gasteiger partial charge is 0.497 e. The lowest BCUT2D eigenvalue weighted by molar-refractivity contribution is -0.118. The molecule has 0 fully saturated rings. The molecule has 6 nitrogen and oxygen atoms in total. The Morgan fingerprint density at radius 3 is 2.79 bits per heavy atom. The van der Waals surface area contributed by atoms with Gasteiger partial charge >= 0.3 is 0 Å². The van der Waals surface area contributed by atoms with Crippen LogP contribution in [0.4, 0.5) is 5.13 Å². The number of hydrogen-bond donors (Lipinski definition) is 0. The van der Waals surface area contributed by atoms with Crippen LogP contribution in [0.5, 0.6) is 5.75 Å². The Kier molecular flexibility index (Phi) is 5.86. The molecule has 2 aromatic carbocycles. The lowest BCUT2D eigenvalue weighted by Gasteiger charge is -2.20. The SMILES string of the molecule is COc1ccc2nc(N(CCn3cccn3)C(=O)CCc3ccccc3)sc2c1. The minimum absolute atomic E-state index is 0.0621. The fraction of sp³-hybridized carbons (Fsp3) is 0.227. The predicted molar refractivity (Wildman–Crippen MR) is 116 cm³/mol. The third-order valence-corrected chi connectivity index (χ3v) is 5.74. The number of rotatable bonds is 8. The molecule has 148 valence electrons.